The van der Waals surface area contributed by atoms with Gasteiger partial charge in [-0.2, -0.15) is 0 Å². The third kappa shape index (κ3) is 2.56. The van der Waals surface area contributed by atoms with Crippen LogP contribution in [0.4, 0.5) is 8.78 Å². The zero-order chi connectivity index (χ0) is 12.4. The van der Waals surface area contributed by atoms with E-state index >= 15 is 0 Å². The molecule has 0 aliphatic carbocycles. The lowest BCUT2D eigenvalue weighted by atomic mass is 10.0. The summed E-state index contributed by atoms with van der Waals surface area (Å²) in [5.74, 6) is -1.11. The summed E-state index contributed by atoms with van der Waals surface area (Å²) >= 11 is 3.01. The molecule has 1 aromatic carbocycles. The third-order valence-electron chi connectivity index (χ3n) is 2.47. The number of benzene rings is 1. The maximum Gasteiger partial charge on any atom is 0.173 e. The van der Waals surface area contributed by atoms with Crippen molar-refractivity contribution in [3.63, 3.8) is 0 Å². The molecule has 0 aliphatic rings. The van der Waals surface area contributed by atoms with E-state index in [0.717, 1.165) is 6.07 Å². The predicted molar refractivity (Wildman–Crippen MR) is 63.4 cm³/mol. The second-order valence-corrected chi connectivity index (χ2v) is 4.45. The molecule has 0 radical (unpaired) electrons. The van der Waals surface area contributed by atoms with Crippen LogP contribution in [0.2, 0.25) is 0 Å². The molecule has 2 N–H and O–H groups in total. The maximum atomic E-state index is 13.3. The largest absolute Gasteiger partial charge is 0.469 e. The van der Waals surface area contributed by atoms with E-state index in [2.05, 4.69) is 15.9 Å². The first-order valence-corrected chi connectivity index (χ1v) is 5.80. The van der Waals surface area contributed by atoms with Crippen LogP contribution < -0.4 is 5.73 Å². The van der Waals surface area contributed by atoms with Gasteiger partial charge in [0, 0.05) is 12.5 Å². The summed E-state index contributed by atoms with van der Waals surface area (Å²) < 4.78 is 31.5. The molecule has 0 saturated heterocycles. The molecule has 0 saturated carbocycles. The lowest BCUT2D eigenvalue weighted by molar-refractivity contribution is 0.481. The summed E-state index contributed by atoms with van der Waals surface area (Å²) in [4.78, 5) is 0. The fourth-order valence-electron chi connectivity index (χ4n) is 1.58. The molecule has 1 atom stereocenters. The van der Waals surface area contributed by atoms with Crippen LogP contribution in [-0.4, -0.2) is 0 Å². The first kappa shape index (κ1) is 12.3. The van der Waals surface area contributed by atoms with E-state index < -0.39 is 17.7 Å². The van der Waals surface area contributed by atoms with Crippen molar-refractivity contribution in [3.8, 4) is 0 Å². The first-order chi connectivity index (χ1) is 8.09. The van der Waals surface area contributed by atoms with Crippen LogP contribution in [0.15, 0.2) is 39.4 Å². The molecule has 0 amide bonds. The summed E-state index contributed by atoms with van der Waals surface area (Å²) in [6, 6.07) is 5.62. The molecule has 1 heterocycles. The van der Waals surface area contributed by atoms with E-state index in [9.17, 15) is 8.78 Å². The molecule has 5 heteroatoms. The van der Waals surface area contributed by atoms with Gasteiger partial charge in [-0.1, -0.05) is 6.07 Å². The molecule has 0 aliphatic heterocycles. The van der Waals surface area contributed by atoms with Crippen molar-refractivity contribution >= 4 is 15.9 Å². The Bertz CT molecular complexity index is 513. The van der Waals surface area contributed by atoms with E-state index in [4.69, 9.17) is 10.2 Å². The van der Waals surface area contributed by atoms with Gasteiger partial charge in [0.1, 0.15) is 5.76 Å². The van der Waals surface area contributed by atoms with Crippen LogP contribution in [-0.2, 0) is 6.42 Å². The Balaban J connectivity index is 2.25. The highest BCUT2D eigenvalue weighted by Gasteiger charge is 2.17. The number of furan rings is 1. The Labute approximate surface area is 106 Å². The van der Waals surface area contributed by atoms with Crippen LogP contribution in [0.5, 0.6) is 0 Å². The summed E-state index contributed by atoms with van der Waals surface area (Å²) in [6.07, 6.45) is 1.97. The van der Waals surface area contributed by atoms with Gasteiger partial charge in [-0.15, -0.1) is 0 Å². The van der Waals surface area contributed by atoms with Crippen LogP contribution in [0.3, 0.4) is 0 Å². The topological polar surface area (TPSA) is 39.2 Å². The molecule has 90 valence electrons. The maximum absolute atomic E-state index is 13.3. The molecule has 2 aromatic rings. The molecule has 17 heavy (non-hydrogen) atoms. The van der Waals surface area contributed by atoms with Crippen molar-refractivity contribution in [3.05, 3.63) is 58.0 Å². The van der Waals surface area contributed by atoms with Gasteiger partial charge in [-0.3, -0.25) is 0 Å². The SMILES string of the molecule is NC(Cc1ccco1)c1ccc(F)c(F)c1Br. The summed E-state index contributed by atoms with van der Waals surface area (Å²) in [5.41, 5.74) is 6.44. The molecule has 2 nitrogen and oxygen atoms in total. The van der Waals surface area contributed by atoms with Crippen LogP contribution in [0.1, 0.15) is 17.4 Å². The van der Waals surface area contributed by atoms with E-state index in [0.29, 0.717) is 17.7 Å². The summed E-state index contributed by atoms with van der Waals surface area (Å²) in [6.45, 7) is 0. The highest BCUT2D eigenvalue weighted by Crippen LogP contribution is 2.28. The number of hydrogen-bond acceptors (Lipinski definition) is 2. The van der Waals surface area contributed by atoms with Gasteiger partial charge in [0.25, 0.3) is 0 Å². The van der Waals surface area contributed by atoms with E-state index in [-0.39, 0.29) is 4.47 Å². The van der Waals surface area contributed by atoms with E-state index in [1.807, 2.05) is 0 Å². The fourth-order valence-corrected chi connectivity index (χ4v) is 2.20. The minimum absolute atomic E-state index is 0.0663. The van der Waals surface area contributed by atoms with Crippen LogP contribution in [0.25, 0.3) is 0 Å². The molecular formula is C12H10BrF2NO. The Kier molecular flexibility index (Phi) is 3.59. The normalized spacial score (nSPS) is 12.7. The smallest absolute Gasteiger partial charge is 0.173 e. The van der Waals surface area contributed by atoms with Gasteiger partial charge < -0.3 is 10.2 Å². The average Bonchev–Trinajstić information content (AvgIpc) is 2.78. The van der Waals surface area contributed by atoms with Crippen molar-refractivity contribution in [1.82, 2.24) is 0 Å². The van der Waals surface area contributed by atoms with E-state index in [1.165, 1.54) is 6.07 Å². The van der Waals surface area contributed by atoms with Crippen molar-refractivity contribution in [2.24, 2.45) is 5.73 Å². The Morgan fingerprint density at radius 1 is 1.29 bits per heavy atom. The number of rotatable bonds is 3. The lowest BCUT2D eigenvalue weighted by Gasteiger charge is -2.13. The molecule has 0 spiro atoms. The minimum Gasteiger partial charge on any atom is -0.469 e. The van der Waals surface area contributed by atoms with Crippen molar-refractivity contribution in [2.45, 2.75) is 12.5 Å². The van der Waals surface area contributed by atoms with Gasteiger partial charge in [0.15, 0.2) is 11.6 Å². The number of hydrogen-bond donors (Lipinski definition) is 1. The average molecular weight is 302 g/mol. The lowest BCUT2D eigenvalue weighted by Crippen LogP contribution is -2.14. The van der Waals surface area contributed by atoms with Crippen molar-refractivity contribution in [2.75, 3.05) is 0 Å². The second kappa shape index (κ2) is 4.98. The summed E-state index contributed by atoms with van der Waals surface area (Å²) in [5, 5.41) is 0. The van der Waals surface area contributed by atoms with Gasteiger partial charge in [-0.25, -0.2) is 8.78 Å². The standard InChI is InChI=1S/C12H10BrF2NO/c13-11-8(3-4-9(14)12(11)15)10(16)6-7-2-1-5-17-7/h1-5,10H,6,16H2. The predicted octanol–water partition coefficient (Wildman–Crippen LogP) is 3.56. The molecule has 1 aromatic heterocycles. The Morgan fingerprint density at radius 3 is 2.71 bits per heavy atom. The number of nitrogens with two attached hydrogens (primary N) is 1. The fraction of sp³-hybridized carbons (Fsp3) is 0.167. The first-order valence-electron chi connectivity index (χ1n) is 5.01. The zero-order valence-electron chi connectivity index (χ0n) is 8.79. The summed E-state index contributed by atoms with van der Waals surface area (Å²) in [7, 11) is 0. The van der Waals surface area contributed by atoms with Gasteiger partial charge >= 0.3 is 0 Å². The molecule has 0 bridgehead atoms. The third-order valence-corrected chi connectivity index (χ3v) is 3.27. The molecule has 1 unspecified atom stereocenters. The number of halogens is 3. The Hall–Kier alpha value is -1.20. The highest BCUT2D eigenvalue weighted by atomic mass is 79.9. The second-order valence-electron chi connectivity index (χ2n) is 3.65. The molecule has 2 rings (SSSR count). The van der Waals surface area contributed by atoms with Crippen LogP contribution >= 0.6 is 15.9 Å². The highest BCUT2D eigenvalue weighted by molar-refractivity contribution is 9.10. The van der Waals surface area contributed by atoms with Gasteiger partial charge in [0.2, 0.25) is 0 Å². The van der Waals surface area contributed by atoms with E-state index in [1.54, 1.807) is 18.4 Å². The minimum atomic E-state index is -0.919. The van der Waals surface area contributed by atoms with Crippen molar-refractivity contribution < 1.29 is 13.2 Å². The van der Waals surface area contributed by atoms with Gasteiger partial charge in [0.05, 0.1) is 10.7 Å². The monoisotopic (exact) mass is 301 g/mol. The molecule has 0 fully saturated rings. The molecular weight excluding hydrogens is 292 g/mol. The van der Waals surface area contributed by atoms with Gasteiger partial charge in [-0.05, 0) is 39.7 Å². The van der Waals surface area contributed by atoms with Crippen LogP contribution in [0, 0.1) is 11.6 Å². The Morgan fingerprint density at radius 2 is 2.06 bits per heavy atom. The zero-order valence-corrected chi connectivity index (χ0v) is 10.4. The quantitative estimate of drug-likeness (QED) is 0.880. The van der Waals surface area contributed by atoms with Crippen molar-refractivity contribution in [1.29, 1.82) is 0 Å².